The van der Waals surface area contributed by atoms with Crippen LogP contribution in [0, 0.1) is 0 Å². The van der Waals surface area contributed by atoms with E-state index in [2.05, 4.69) is 72.8 Å². The fourth-order valence-corrected chi connectivity index (χ4v) is 4.78. The molecule has 0 heterocycles. The highest BCUT2D eigenvalue weighted by Crippen LogP contribution is 2.47. The molecule has 0 saturated carbocycles. The second kappa shape index (κ2) is 10.9. The largest absolute Gasteiger partial charge is 0.508 e. The van der Waals surface area contributed by atoms with E-state index >= 15 is 0 Å². The minimum absolute atomic E-state index is 0.259. The standard InChI is InChI=1S/C29H26O2.C2H6/c30-25-14-11-23(12-15-25)29-27(22-9-5-2-6-10-22)17-13-24-19-26(16-18-28(24)29)31-20-21-7-3-1-4-8-21;1-2/h1-12,14-16,18-19,27,29-30H,13,17,20H2;1-2H3. The van der Waals surface area contributed by atoms with E-state index in [9.17, 15) is 5.11 Å². The summed E-state index contributed by atoms with van der Waals surface area (Å²) >= 11 is 0. The van der Waals surface area contributed by atoms with E-state index in [4.69, 9.17) is 4.74 Å². The third-order valence-corrected chi connectivity index (χ3v) is 6.30. The van der Waals surface area contributed by atoms with E-state index in [0.717, 1.165) is 18.6 Å². The van der Waals surface area contributed by atoms with Crippen molar-refractivity contribution in [3.63, 3.8) is 0 Å². The van der Waals surface area contributed by atoms with E-state index in [1.807, 2.05) is 32.0 Å². The number of rotatable bonds is 5. The summed E-state index contributed by atoms with van der Waals surface area (Å²) in [5, 5.41) is 9.81. The molecule has 0 bridgehead atoms. The van der Waals surface area contributed by atoms with Gasteiger partial charge in [-0.2, -0.15) is 0 Å². The zero-order chi connectivity index (χ0) is 23.0. The number of phenols is 1. The molecule has 5 rings (SSSR count). The summed E-state index contributed by atoms with van der Waals surface area (Å²) in [6, 6.07) is 35.3. The maximum atomic E-state index is 9.81. The average molecular weight is 437 g/mol. The molecule has 2 atom stereocenters. The Labute approximate surface area is 197 Å². The monoisotopic (exact) mass is 436 g/mol. The van der Waals surface area contributed by atoms with Crippen molar-refractivity contribution in [2.24, 2.45) is 0 Å². The summed E-state index contributed by atoms with van der Waals surface area (Å²) in [6.07, 6.45) is 2.12. The van der Waals surface area contributed by atoms with Gasteiger partial charge in [-0.15, -0.1) is 0 Å². The number of ether oxygens (including phenoxy) is 1. The van der Waals surface area contributed by atoms with Crippen LogP contribution in [0.1, 0.15) is 59.9 Å². The first-order valence-corrected chi connectivity index (χ1v) is 11.9. The lowest BCUT2D eigenvalue weighted by Crippen LogP contribution is -2.20. The molecular weight excluding hydrogens is 404 g/mol. The van der Waals surface area contributed by atoms with Gasteiger partial charge < -0.3 is 9.84 Å². The molecule has 33 heavy (non-hydrogen) atoms. The number of benzene rings is 4. The summed E-state index contributed by atoms with van der Waals surface area (Å²) in [5.74, 6) is 1.90. The molecule has 1 N–H and O–H groups in total. The Morgan fingerprint density at radius 1 is 0.758 bits per heavy atom. The highest BCUT2D eigenvalue weighted by molar-refractivity contribution is 5.48. The van der Waals surface area contributed by atoms with E-state index in [1.54, 1.807) is 12.1 Å². The molecule has 1 aliphatic rings. The minimum Gasteiger partial charge on any atom is -0.508 e. The Kier molecular flexibility index (Phi) is 7.47. The highest BCUT2D eigenvalue weighted by Gasteiger charge is 2.32. The molecule has 0 spiro atoms. The van der Waals surface area contributed by atoms with E-state index in [1.165, 1.54) is 27.8 Å². The molecule has 2 nitrogen and oxygen atoms in total. The second-order valence-electron chi connectivity index (χ2n) is 8.26. The van der Waals surface area contributed by atoms with Gasteiger partial charge in [-0.05, 0) is 70.8 Å². The molecular formula is C31H32O2. The zero-order valence-corrected chi connectivity index (χ0v) is 19.4. The van der Waals surface area contributed by atoms with Crippen molar-refractivity contribution in [2.45, 2.75) is 45.1 Å². The van der Waals surface area contributed by atoms with Gasteiger partial charge in [0, 0.05) is 5.92 Å². The van der Waals surface area contributed by atoms with Crippen LogP contribution in [0.15, 0.2) is 103 Å². The number of hydrogen-bond acceptors (Lipinski definition) is 2. The zero-order valence-electron chi connectivity index (χ0n) is 19.4. The first kappa shape index (κ1) is 22.7. The van der Waals surface area contributed by atoms with Gasteiger partial charge in [0.2, 0.25) is 0 Å². The molecule has 0 fully saturated rings. The predicted octanol–water partition coefficient (Wildman–Crippen LogP) is 7.86. The summed E-state index contributed by atoms with van der Waals surface area (Å²) in [4.78, 5) is 0. The molecule has 4 aromatic carbocycles. The van der Waals surface area contributed by atoms with Crippen molar-refractivity contribution >= 4 is 0 Å². The van der Waals surface area contributed by atoms with Gasteiger partial charge in [-0.25, -0.2) is 0 Å². The Bertz CT molecular complexity index is 1130. The minimum atomic E-state index is 0.259. The van der Waals surface area contributed by atoms with Gasteiger partial charge in [-0.1, -0.05) is 92.7 Å². The number of fused-ring (bicyclic) bond motifs is 1. The Morgan fingerprint density at radius 2 is 1.42 bits per heavy atom. The Hall–Kier alpha value is -3.52. The van der Waals surface area contributed by atoms with Crippen LogP contribution in [-0.4, -0.2) is 5.11 Å². The van der Waals surface area contributed by atoms with Crippen LogP contribution in [0.25, 0.3) is 0 Å². The van der Waals surface area contributed by atoms with Gasteiger partial charge in [0.25, 0.3) is 0 Å². The number of aryl methyl sites for hydroxylation is 1. The van der Waals surface area contributed by atoms with Crippen LogP contribution in [0.4, 0.5) is 0 Å². The molecule has 0 aliphatic heterocycles. The molecule has 2 heteroatoms. The van der Waals surface area contributed by atoms with E-state index in [0.29, 0.717) is 18.3 Å². The lowest BCUT2D eigenvalue weighted by Gasteiger charge is -2.35. The van der Waals surface area contributed by atoms with Gasteiger partial charge >= 0.3 is 0 Å². The fraction of sp³-hybridized carbons (Fsp3) is 0.226. The Morgan fingerprint density at radius 3 is 2.12 bits per heavy atom. The first-order chi connectivity index (χ1) is 16.3. The van der Waals surface area contributed by atoms with Crippen LogP contribution in [0.3, 0.4) is 0 Å². The van der Waals surface area contributed by atoms with Gasteiger partial charge in [0.15, 0.2) is 0 Å². The topological polar surface area (TPSA) is 29.5 Å². The van der Waals surface area contributed by atoms with Gasteiger partial charge in [0.1, 0.15) is 18.1 Å². The van der Waals surface area contributed by atoms with Crippen molar-refractivity contribution in [3.8, 4) is 11.5 Å². The molecule has 0 radical (unpaired) electrons. The maximum Gasteiger partial charge on any atom is 0.120 e. The van der Waals surface area contributed by atoms with Gasteiger partial charge in [0.05, 0.1) is 0 Å². The summed E-state index contributed by atoms with van der Waals surface area (Å²) in [6.45, 7) is 4.58. The van der Waals surface area contributed by atoms with Crippen LogP contribution < -0.4 is 4.74 Å². The second-order valence-corrected chi connectivity index (χ2v) is 8.26. The molecule has 0 aromatic heterocycles. The van der Waals surface area contributed by atoms with Crippen LogP contribution in [0.5, 0.6) is 11.5 Å². The summed E-state index contributed by atoms with van der Waals surface area (Å²) < 4.78 is 6.09. The summed E-state index contributed by atoms with van der Waals surface area (Å²) in [7, 11) is 0. The average Bonchev–Trinajstić information content (AvgIpc) is 2.89. The number of hydrogen-bond donors (Lipinski definition) is 1. The molecule has 2 unspecified atom stereocenters. The smallest absolute Gasteiger partial charge is 0.120 e. The quantitative estimate of drug-likeness (QED) is 0.345. The third kappa shape index (κ3) is 5.28. The third-order valence-electron chi connectivity index (χ3n) is 6.30. The van der Waals surface area contributed by atoms with E-state index in [-0.39, 0.29) is 5.92 Å². The van der Waals surface area contributed by atoms with Crippen molar-refractivity contribution in [3.05, 3.63) is 131 Å². The van der Waals surface area contributed by atoms with Crippen molar-refractivity contribution in [2.75, 3.05) is 0 Å². The van der Waals surface area contributed by atoms with Crippen LogP contribution in [-0.2, 0) is 13.0 Å². The Balaban J connectivity index is 0.00000126. The van der Waals surface area contributed by atoms with Crippen molar-refractivity contribution in [1.29, 1.82) is 0 Å². The van der Waals surface area contributed by atoms with Crippen molar-refractivity contribution in [1.82, 2.24) is 0 Å². The first-order valence-electron chi connectivity index (χ1n) is 11.9. The molecule has 1 aliphatic carbocycles. The lowest BCUT2D eigenvalue weighted by atomic mass is 9.69. The van der Waals surface area contributed by atoms with Crippen LogP contribution >= 0.6 is 0 Å². The fourth-order valence-electron chi connectivity index (χ4n) is 4.78. The molecule has 0 amide bonds. The maximum absolute atomic E-state index is 9.81. The molecule has 0 saturated heterocycles. The van der Waals surface area contributed by atoms with E-state index < -0.39 is 0 Å². The normalized spacial score (nSPS) is 16.8. The SMILES string of the molecule is CC.Oc1ccc(C2c3ccc(OCc4ccccc4)cc3CCC2c2ccccc2)cc1. The van der Waals surface area contributed by atoms with Crippen LogP contribution in [0.2, 0.25) is 0 Å². The highest BCUT2D eigenvalue weighted by atomic mass is 16.5. The van der Waals surface area contributed by atoms with Crippen molar-refractivity contribution < 1.29 is 9.84 Å². The summed E-state index contributed by atoms with van der Waals surface area (Å²) in [5.41, 5.74) is 6.50. The molecule has 4 aromatic rings. The number of aromatic hydroxyl groups is 1. The van der Waals surface area contributed by atoms with Gasteiger partial charge in [-0.3, -0.25) is 0 Å². The lowest BCUT2D eigenvalue weighted by molar-refractivity contribution is 0.305. The predicted molar refractivity (Wildman–Crippen MR) is 136 cm³/mol. The molecule has 168 valence electrons. The number of phenolic OH excluding ortho intramolecular Hbond substituents is 1.